The van der Waals surface area contributed by atoms with Crippen LogP contribution in [0, 0.1) is 6.92 Å². The highest BCUT2D eigenvalue weighted by Gasteiger charge is 2.05. The number of amides is 1. The molecule has 90 valence electrons. The van der Waals surface area contributed by atoms with Gasteiger partial charge < -0.3 is 10.7 Å². The first-order valence-corrected chi connectivity index (χ1v) is 5.46. The maximum Gasteiger partial charge on any atom is 0.231 e. The third-order valence-corrected chi connectivity index (χ3v) is 2.54. The zero-order valence-corrected chi connectivity index (χ0v) is 10.0. The molecule has 0 radical (unpaired) electrons. The van der Waals surface area contributed by atoms with Crippen LogP contribution in [-0.2, 0) is 11.3 Å². The van der Waals surface area contributed by atoms with Gasteiger partial charge >= 0.3 is 0 Å². The molecule has 3 N–H and O–H groups in total. The number of hydrogen-bond donors (Lipinski definition) is 2. The number of fused-ring (bicyclic) bond motifs is 1. The van der Waals surface area contributed by atoms with E-state index in [-0.39, 0.29) is 12.5 Å². The summed E-state index contributed by atoms with van der Waals surface area (Å²) in [5.41, 5.74) is 8.26. The third kappa shape index (κ3) is 2.82. The van der Waals surface area contributed by atoms with Gasteiger partial charge in [-0.25, -0.2) is 4.98 Å². The van der Waals surface area contributed by atoms with Gasteiger partial charge in [0.25, 0.3) is 0 Å². The summed E-state index contributed by atoms with van der Waals surface area (Å²) >= 11 is 0. The van der Waals surface area contributed by atoms with E-state index in [1.807, 2.05) is 37.1 Å². The molecule has 0 aliphatic heterocycles. The largest absolute Gasteiger partial charge is 0.369 e. The number of likely N-dealkylation sites (N-methyl/N-ethyl adjacent to an activating group) is 1. The summed E-state index contributed by atoms with van der Waals surface area (Å²) in [5.74, 6) is 0.591. The number of nitrogens with zero attached hydrogens (tertiary/aromatic N) is 2. The number of carbonyl (C=O) groups excluding carboxylic acids is 1. The molecule has 5 heteroatoms. The van der Waals surface area contributed by atoms with Crippen LogP contribution in [0.5, 0.6) is 0 Å². The zero-order valence-electron chi connectivity index (χ0n) is 10.0. The lowest BCUT2D eigenvalue weighted by molar-refractivity contribution is -0.118. The van der Waals surface area contributed by atoms with Crippen molar-refractivity contribution >= 4 is 16.9 Å². The molecule has 17 heavy (non-hydrogen) atoms. The first-order valence-electron chi connectivity index (χ1n) is 5.46. The maximum absolute atomic E-state index is 10.8. The molecule has 1 heterocycles. The number of nitrogens with two attached hydrogens (primary N) is 1. The number of carbonyl (C=O) groups is 1. The molecular weight excluding hydrogens is 216 g/mol. The van der Waals surface area contributed by atoms with Crippen LogP contribution < -0.4 is 5.73 Å². The minimum absolute atomic E-state index is 0.264. The van der Waals surface area contributed by atoms with E-state index in [2.05, 4.69) is 9.97 Å². The van der Waals surface area contributed by atoms with Crippen molar-refractivity contribution in [2.24, 2.45) is 5.73 Å². The van der Waals surface area contributed by atoms with E-state index >= 15 is 0 Å². The molecule has 2 aromatic rings. The molecule has 5 nitrogen and oxygen atoms in total. The summed E-state index contributed by atoms with van der Waals surface area (Å²) in [5, 5.41) is 0. The van der Waals surface area contributed by atoms with Gasteiger partial charge in [0.05, 0.1) is 17.6 Å². The number of aromatic nitrogens is 2. The van der Waals surface area contributed by atoms with Crippen molar-refractivity contribution in [2.45, 2.75) is 13.5 Å². The summed E-state index contributed by atoms with van der Waals surface area (Å²) in [4.78, 5) is 20.2. The van der Waals surface area contributed by atoms with E-state index in [0.29, 0.717) is 6.54 Å². The van der Waals surface area contributed by atoms with Crippen molar-refractivity contribution in [2.75, 3.05) is 13.6 Å². The van der Waals surface area contributed by atoms with E-state index in [1.54, 1.807) is 0 Å². The molecule has 0 atom stereocenters. The van der Waals surface area contributed by atoms with Gasteiger partial charge in [-0.15, -0.1) is 0 Å². The second kappa shape index (κ2) is 4.55. The first kappa shape index (κ1) is 11.6. The topological polar surface area (TPSA) is 75.0 Å². The van der Waals surface area contributed by atoms with E-state index in [0.717, 1.165) is 22.4 Å². The molecular formula is C12H16N4O. The molecule has 0 fully saturated rings. The van der Waals surface area contributed by atoms with Gasteiger partial charge in [-0.1, -0.05) is 6.07 Å². The standard InChI is InChI=1S/C12H16N4O/c1-8-14-10-4-3-9(5-11(10)15-8)6-16(2)7-12(13)17/h3-5H,6-7H2,1-2H3,(H2,13,17)(H,14,15). The molecule has 0 unspecified atom stereocenters. The van der Waals surface area contributed by atoms with Gasteiger partial charge in [0, 0.05) is 6.54 Å². The van der Waals surface area contributed by atoms with E-state index < -0.39 is 0 Å². The fraction of sp³-hybridized carbons (Fsp3) is 0.333. The number of H-pyrrole nitrogens is 1. The summed E-state index contributed by atoms with van der Waals surface area (Å²) in [6, 6.07) is 6.04. The Kier molecular flexibility index (Phi) is 3.10. The fourth-order valence-corrected chi connectivity index (χ4v) is 1.92. The minimum atomic E-state index is -0.314. The number of imidazole rings is 1. The Bertz CT molecular complexity index is 546. The number of hydrogen-bond acceptors (Lipinski definition) is 3. The van der Waals surface area contributed by atoms with Crippen LogP contribution >= 0.6 is 0 Å². The summed E-state index contributed by atoms with van der Waals surface area (Å²) in [6.07, 6.45) is 0. The van der Waals surface area contributed by atoms with Gasteiger partial charge in [0.15, 0.2) is 0 Å². The summed E-state index contributed by atoms with van der Waals surface area (Å²) < 4.78 is 0. The Balaban J connectivity index is 2.16. The molecule has 1 aromatic heterocycles. The molecule has 0 saturated heterocycles. The van der Waals surface area contributed by atoms with Gasteiger partial charge in [0.2, 0.25) is 5.91 Å². The van der Waals surface area contributed by atoms with Crippen LogP contribution in [0.1, 0.15) is 11.4 Å². The minimum Gasteiger partial charge on any atom is -0.369 e. The highest BCUT2D eigenvalue weighted by Crippen LogP contribution is 2.14. The van der Waals surface area contributed by atoms with Crippen molar-refractivity contribution < 1.29 is 4.79 Å². The van der Waals surface area contributed by atoms with Crippen molar-refractivity contribution in [1.29, 1.82) is 0 Å². The van der Waals surface area contributed by atoms with Gasteiger partial charge in [-0.05, 0) is 31.7 Å². The molecule has 0 bridgehead atoms. The van der Waals surface area contributed by atoms with Crippen LogP contribution in [0.2, 0.25) is 0 Å². The number of primary amides is 1. The number of rotatable bonds is 4. The summed E-state index contributed by atoms with van der Waals surface area (Å²) in [7, 11) is 1.87. The molecule has 0 aliphatic carbocycles. The lowest BCUT2D eigenvalue weighted by atomic mass is 10.2. The van der Waals surface area contributed by atoms with Gasteiger partial charge in [-0.3, -0.25) is 9.69 Å². The van der Waals surface area contributed by atoms with Crippen molar-refractivity contribution in [1.82, 2.24) is 14.9 Å². The number of benzene rings is 1. The molecule has 2 rings (SSSR count). The molecule has 1 aromatic carbocycles. The molecule has 1 amide bonds. The lowest BCUT2D eigenvalue weighted by Crippen LogP contribution is -2.30. The van der Waals surface area contributed by atoms with Crippen molar-refractivity contribution in [3.05, 3.63) is 29.6 Å². The highest BCUT2D eigenvalue weighted by atomic mass is 16.1. The normalized spacial score (nSPS) is 11.2. The van der Waals surface area contributed by atoms with Gasteiger partial charge in [-0.2, -0.15) is 0 Å². The smallest absolute Gasteiger partial charge is 0.231 e. The third-order valence-electron chi connectivity index (χ3n) is 2.54. The monoisotopic (exact) mass is 232 g/mol. The Morgan fingerprint density at radius 2 is 2.29 bits per heavy atom. The van der Waals surface area contributed by atoms with Crippen molar-refractivity contribution in [3.63, 3.8) is 0 Å². The van der Waals surface area contributed by atoms with E-state index in [4.69, 9.17) is 5.73 Å². The van der Waals surface area contributed by atoms with Gasteiger partial charge in [0.1, 0.15) is 5.82 Å². The molecule has 0 spiro atoms. The SMILES string of the molecule is Cc1nc2ccc(CN(C)CC(N)=O)cc2[nH]1. The van der Waals surface area contributed by atoms with Crippen LogP contribution in [0.3, 0.4) is 0 Å². The number of aromatic amines is 1. The van der Waals surface area contributed by atoms with Crippen LogP contribution in [0.4, 0.5) is 0 Å². The molecule has 0 aliphatic rings. The van der Waals surface area contributed by atoms with Crippen molar-refractivity contribution in [3.8, 4) is 0 Å². The highest BCUT2D eigenvalue weighted by molar-refractivity contribution is 5.76. The Hall–Kier alpha value is -1.88. The quantitative estimate of drug-likeness (QED) is 0.818. The lowest BCUT2D eigenvalue weighted by Gasteiger charge is -2.14. The Morgan fingerprint density at radius 1 is 1.53 bits per heavy atom. The maximum atomic E-state index is 10.8. The van der Waals surface area contributed by atoms with Crippen LogP contribution in [-0.4, -0.2) is 34.4 Å². The Labute approximate surface area is 99.6 Å². The average molecular weight is 232 g/mol. The first-order chi connectivity index (χ1) is 8.04. The predicted octanol–water partition coefficient (Wildman–Crippen LogP) is 0.788. The number of aryl methyl sites for hydroxylation is 1. The number of nitrogens with one attached hydrogen (secondary N) is 1. The summed E-state index contributed by atoms with van der Waals surface area (Å²) in [6.45, 7) is 2.88. The second-order valence-corrected chi connectivity index (χ2v) is 4.31. The average Bonchev–Trinajstić information content (AvgIpc) is 2.55. The second-order valence-electron chi connectivity index (χ2n) is 4.31. The zero-order chi connectivity index (χ0) is 12.4. The van der Waals surface area contributed by atoms with E-state index in [9.17, 15) is 4.79 Å². The fourth-order valence-electron chi connectivity index (χ4n) is 1.92. The predicted molar refractivity (Wildman–Crippen MR) is 66.4 cm³/mol. The molecule has 0 saturated carbocycles. The van der Waals surface area contributed by atoms with Crippen LogP contribution in [0.25, 0.3) is 11.0 Å². The Morgan fingerprint density at radius 3 is 3.00 bits per heavy atom. The van der Waals surface area contributed by atoms with Crippen LogP contribution in [0.15, 0.2) is 18.2 Å². The van der Waals surface area contributed by atoms with E-state index in [1.165, 1.54) is 0 Å².